The number of ether oxygens (including phenoxy) is 6. The highest BCUT2D eigenvalue weighted by atomic mass is 16.6. The van der Waals surface area contributed by atoms with Crippen molar-refractivity contribution in [3.63, 3.8) is 0 Å². The molecule has 0 amide bonds. The van der Waals surface area contributed by atoms with Gasteiger partial charge in [0, 0.05) is 13.2 Å². The van der Waals surface area contributed by atoms with Crippen LogP contribution in [0.15, 0.2) is 0 Å². The zero-order chi connectivity index (χ0) is 20.2. The topological polar surface area (TPSA) is 89.5 Å². The number of esters is 2. The van der Waals surface area contributed by atoms with E-state index >= 15 is 0 Å². The summed E-state index contributed by atoms with van der Waals surface area (Å²) < 4.78 is 31.2. The number of hydrogen-bond donors (Lipinski definition) is 0. The van der Waals surface area contributed by atoms with Crippen molar-refractivity contribution in [1.29, 1.82) is 0 Å². The van der Waals surface area contributed by atoms with Crippen LogP contribution in [-0.2, 0) is 38.0 Å². The molecule has 8 heteroatoms. The van der Waals surface area contributed by atoms with Gasteiger partial charge in [0.05, 0.1) is 52.0 Å². The SMILES string of the molecule is CCCOCCOCCOC(=O)CC(C)C(=O)OCCOCCOCCC. The molecule has 1 unspecified atom stereocenters. The minimum absolute atomic E-state index is 0.0237. The van der Waals surface area contributed by atoms with Crippen LogP contribution in [0, 0.1) is 5.92 Å². The van der Waals surface area contributed by atoms with Crippen LogP contribution in [0.25, 0.3) is 0 Å². The van der Waals surface area contributed by atoms with E-state index in [1.54, 1.807) is 6.92 Å². The number of rotatable bonds is 19. The quantitative estimate of drug-likeness (QED) is 0.244. The molecule has 0 aromatic rings. The molecule has 0 aromatic carbocycles. The van der Waals surface area contributed by atoms with Gasteiger partial charge in [-0.2, -0.15) is 0 Å². The van der Waals surface area contributed by atoms with E-state index in [0.29, 0.717) is 52.9 Å². The van der Waals surface area contributed by atoms with Gasteiger partial charge < -0.3 is 28.4 Å². The van der Waals surface area contributed by atoms with Crippen LogP contribution >= 0.6 is 0 Å². The van der Waals surface area contributed by atoms with Crippen molar-refractivity contribution in [2.24, 2.45) is 5.92 Å². The maximum Gasteiger partial charge on any atom is 0.309 e. The highest BCUT2D eigenvalue weighted by Crippen LogP contribution is 2.06. The van der Waals surface area contributed by atoms with Crippen LogP contribution in [0.4, 0.5) is 0 Å². The first-order valence-electron chi connectivity index (χ1n) is 9.75. The van der Waals surface area contributed by atoms with Crippen molar-refractivity contribution in [2.45, 2.75) is 40.0 Å². The van der Waals surface area contributed by atoms with E-state index < -0.39 is 17.9 Å². The third kappa shape index (κ3) is 17.9. The lowest BCUT2D eigenvalue weighted by atomic mass is 10.1. The number of carbonyl (C=O) groups is 2. The Kier molecular flexibility index (Phi) is 18.7. The lowest BCUT2D eigenvalue weighted by Crippen LogP contribution is -2.22. The second-order valence-corrected chi connectivity index (χ2v) is 5.94. The summed E-state index contributed by atoms with van der Waals surface area (Å²) in [6.07, 6.45) is 1.92. The molecule has 0 aromatic heterocycles. The summed E-state index contributed by atoms with van der Waals surface area (Å²) in [5.74, 6) is -1.45. The fraction of sp³-hybridized carbons (Fsp3) is 0.895. The molecular weight excluding hydrogens is 356 g/mol. The molecular formula is C19H36O8. The Balaban J connectivity index is 3.53. The predicted molar refractivity (Wildman–Crippen MR) is 99.6 cm³/mol. The maximum atomic E-state index is 11.8. The Morgan fingerprint density at radius 1 is 0.630 bits per heavy atom. The summed E-state index contributed by atoms with van der Waals surface area (Å²) in [5.41, 5.74) is 0. The third-order valence-corrected chi connectivity index (χ3v) is 3.28. The zero-order valence-corrected chi connectivity index (χ0v) is 17.0. The fourth-order valence-electron chi connectivity index (χ4n) is 1.88. The van der Waals surface area contributed by atoms with Crippen LogP contribution in [0.1, 0.15) is 40.0 Å². The molecule has 0 aliphatic heterocycles. The lowest BCUT2D eigenvalue weighted by Gasteiger charge is -2.12. The van der Waals surface area contributed by atoms with Crippen molar-refractivity contribution in [3.05, 3.63) is 0 Å². The maximum absolute atomic E-state index is 11.8. The first-order valence-corrected chi connectivity index (χ1v) is 9.75. The fourth-order valence-corrected chi connectivity index (χ4v) is 1.88. The molecule has 8 nitrogen and oxygen atoms in total. The first-order chi connectivity index (χ1) is 13.1. The van der Waals surface area contributed by atoms with E-state index in [0.717, 1.165) is 12.8 Å². The average molecular weight is 392 g/mol. The van der Waals surface area contributed by atoms with Gasteiger partial charge >= 0.3 is 11.9 Å². The van der Waals surface area contributed by atoms with Crippen molar-refractivity contribution >= 4 is 11.9 Å². The summed E-state index contributed by atoms with van der Waals surface area (Å²) in [5, 5.41) is 0. The molecule has 1 atom stereocenters. The normalized spacial score (nSPS) is 12.0. The average Bonchev–Trinajstić information content (AvgIpc) is 2.65. The Labute approximate surface area is 162 Å². The van der Waals surface area contributed by atoms with Gasteiger partial charge in [-0.25, -0.2) is 0 Å². The van der Waals surface area contributed by atoms with E-state index in [1.165, 1.54) is 0 Å². The van der Waals surface area contributed by atoms with E-state index in [1.807, 2.05) is 13.8 Å². The summed E-state index contributed by atoms with van der Waals surface area (Å²) in [4.78, 5) is 23.5. The molecule has 0 bridgehead atoms. The first kappa shape index (κ1) is 25.8. The summed E-state index contributed by atoms with van der Waals surface area (Å²) in [6.45, 7) is 10.0. The summed E-state index contributed by atoms with van der Waals surface area (Å²) in [7, 11) is 0. The van der Waals surface area contributed by atoms with Crippen molar-refractivity contribution in [1.82, 2.24) is 0 Å². The molecule has 0 heterocycles. The van der Waals surface area contributed by atoms with E-state index in [9.17, 15) is 9.59 Å². The van der Waals surface area contributed by atoms with Gasteiger partial charge in [-0.05, 0) is 12.8 Å². The van der Waals surface area contributed by atoms with E-state index in [4.69, 9.17) is 28.4 Å². The van der Waals surface area contributed by atoms with Crippen molar-refractivity contribution in [3.8, 4) is 0 Å². The Bertz CT molecular complexity index is 362. The number of hydrogen-bond acceptors (Lipinski definition) is 8. The molecule has 27 heavy (non-hydrogen) atoms. The molecule has 0 rings (SSSR count). The second kappa shape index (κ2) is 19.5. The van der Waals surface area contributed by atoms with Crippen LogP contribution in [-0.4, -0.2) is 78.0 Å². The Morgan fingerprint density at radius 2 is 1.04 bits per heavy atom. The zero-order valence-electron chi connectivity index (χ0n) is 17.0. The van der Waals surface area contributed by atoms with Crippen LogP contribution < -0.4 is 0 Å². The number of carbonyl (C=O) groups excluding carboxylic acids is 2. The molecule has 0 radical (unpaired) electrons. The van der Waals surface area contributed by atoms with Gasteiger partial charge in [-0.15, -0.1) is 0 Å². The third-order valence-electron chi connectivity index (χ3n) is 3.28. The molecule has 0 aliphatic carbocycles. The molecule has 0 N–H and O–H groups in total. The van der Waals surface area contributed by atoms with Crippen molar-refractivity contribution in [2.75, 3.05) is 66.1 Å². The highest BCUT2D eigenvalue weighted by molar-refractivity contribution is 5.79. The second-order valence-electron chi connectivity index (χ2n) is 5.94. The van der Waals surface area contributed by atoms with Gasteiger partial charge in [0.15, 0.2) is 0 Å². The molecule has 0 saturated carbocycles. The molecule has 0 saturated heterocycles. The van der Waals surface area contributed by atoms with Crippen molar-refractivity contribution < 1.29 is 38.0 Å². The lowest BCUT2D eigenvalue weighted by molar-refractivity contribution is -0.156. The summed E-state index contributed by atoms with van der Waals surface area (Å²) >= 11 is 0. The largest absolute Gasteiger partial charge is 0.463 e. The van der Waals surface area contributed by atoms with Crippen LogP contribution in [0.5, 0.6) is 0 Å². The predicted octanol–water partition coefficient (Wildman–Crippen LogP) is 1.99. The van der Waals surface area contributed by atoms with Gasteiger partial charge in [0.1, 0.15) is 13.2 Å². The van der Waals surface area contributed by atoms with Crippen LogP contribution in [0.2, 0.25) is 0 Å². The van der Waals surface area contributed by atoms with Gasteiger partial charge in [0.25, 0.3) is 0 Å². The van der Waals surface area contributed by atoms with Gasteiger partial charge in [-0.3, -0.25) is 9.59 Å². The summed E-state index contributed by atoms with van der Waals surface area (Å²) in [6, 6.07) is 0. The highest BCUT2D eigenvalue weighted by Gasteiger charge is 2.19. The molecule has 160 valence electrons. The monoisotopic (exact) mass is 392 g/mol. The van der Waals surface area contributed by atoms with Gasteiger partial charge in [0.2, 0.25) is 0 Å². The van der Waals surface area contributed by atoms with E-state index in [-0.39, 0.29) is 19.6 Å². The van der Waals surface area contributed by atoms with Crippen LogP contribution in [0.3, 0.4) is 0 Å². The Morgan fingerprint density at radius 3 is 1.52 bits per heavy atom. The minimum atomic E-state index is -0.561. The molecule has 0 spiro atoms. The molecule has 0 aliphatic rings. The minimum Gasteiger partial charge on any atom is -0.463 e. The van der Waals surface area contributed by atoms with Gasteiger partial charge in [-0.1, -0.05) is 20.8 Å². The smallest absolute Gasteiger partial charge is 0.309 e. The van der Waals surface area contributed by atoms with E-state index in [2.05, 4.69) is 0 Å². The Hall–Kier alpha value is -1.22. The standard InChI is InChI=1S/C19H36O8/c1-4-6-22-8-10-24-12-14-26-18(20)16-17(3)19(21)27-15-13-25-11-9-23-7-5-2/h17H,4-16H2,1-3H3. The molecule has 0 fully saturated rings.